The highest BCUT2D eigenvalue weighted by molar-refractivity contribution is 6.05. The summed E-state index contributed by atoms with van der Waals surface area (Å²) in [7, 11) is 0. The normalized spacial score (nSPS) is 12.7. The first-order valence-electron chi connectivity index (χ1n) is 9.43. The number of rotatable bonds is 5. The highest BCUT2D eigenvalue weighted by Crippen LogP contribution is 2.31. The van der Waals surface area contributed by atoms with Gasteiger partial charge in [0.1, 0.15) is 17.3 Å². The molecule has 0 saturated carbocycles. The molecular formula is C23H19F5N4. The Morgan fingerprint density at radius 1 is 0.938 bits per heavy atom. The van der Waals surface area contributed by atoms with Gasteiger partial charge >= 0.3 is 6.18 Å². The average molecular weight is 446 g/mol. The second-order valence-corrected chi connectivity index (χ2v) is 7.58. The number of alkyl halides is 3. The predicted molar refractivity (Wildman–Crippen MR) is 111 cm³/mol. The largest absolute Gasteiger partial charge is 0.430 e. The first-order chi connectivity index (χ1) is 14.9. The van der Waals surface area contributed by atoms with Crippen LogP contribution in [0.3, 0.4) is 0 Å². The van der Waals surface area contributed by atoms with Crippen LogP contribution in [0.2, 0.25) is 0 Å². The summed E-state index contributed by atoms with van der Waals surface area (Å²) in [6.45, 7) is 3.57. The molecule has 0 unspecified atom stereocenters. The lowest BCUT2D eigenvalue weighted by molar-refractivity contribution is -0.0925. The number of aromatic nitrogens is 2. The summed E-state index contributed by atoms with van der Waals surface area (Å²) in [4.78, 5) is 8.83. The molecule has 2 aromatic heterocycles. The maximum atomic E-state index is 14.2. The molecule has 0 aliphatic carbocycles. The van der Waals surface area contributed by atoms with Crippen LogP contribution in [0.5, 0.6) is 0 Å². The van der Waals surface area contributed by atoms with Crippen molar-refractivity contribution in [3.63, 3.8) is 0 Å². The van der Waals surface area contributed by atoms with Crippen LogP contribution in [-0.2, 0) is 5.41 Å². The third-order valence-electron chi connectivity index (χ3n) is 4.89. The first-order valence-corrected chi connectivity index (χ1v) is 9.43. The number of nitrogens with one attached hydrogen (secondary N) is 1. The summed E-state index contributed by atoms with van der Waals surface area (Å²) < 4.78 is 65.5. The van der Waals surface area contributed by atoms with E-state index in [2.05, 4.69) is 9.97 Å². The van der Waals surface area contributed by atoms with Crippen LogP contribution < -0.4 is 5.73 Å². The van der Waals surface area contributed by atoms with Crippen molar-refractivity contribution >= 4 is 5.71 Å². The zero-order chi connectivity index (χ0) is 23.7. The Morgan fingerprint density at radius 2 is 1.56 bits per heavy atom. The Balaban J connectivity index is 1.99. The highest BCUT2D eigenvalue weighted by atomic mass is 19.4. The number of benzene rings is 1. The first kappa shape index (κ1) is 23.1. The second kappa shape index (κ2) is 8.49. The number of halogens is 5. The molecule has 0 bridgehead atoms. The third-order valence-corrected chi connectivity index (χ3v) is 4.89. The molecule has 9 heteroatoms. The number of nitrogens with two attached hydrogens (primary N) is 1. The van der Waals surface area contributed by atoms with Gasteiger partial charge in [0.2, 0.25) is 0 Å². The number of allylic oxidation sites excluding steroid dienone is 2. The van der Waals surface area contributed by atoms with Crippen molar-refractivity contribution in [2.75, 3.05) is 0 Å². The van der Waals surface area contributed by atoms with Crippen LogP contribution in [0.4, 0.5) is 22.0 Å². The van der Waals surface area contributed by atoms with Crippen molar-refractivity contribution in [3.8, 4) is 11.3 Å². The molecule has 0 amide bonds. The number of hydrogen-bond acceptors (Lipinski definition) is 4. The fourth-order valence-corrected chi connectivity index (χ4v) is 3.01. The molecule has 3 rings (SSSR count). The molecule has 0 atom stereocenters. The fourth-order valence-electron chi connectivity index (χ4n) is 3.01. The number of hydrogen-bond donors (Lipinski definition) is 2. The van der Waals surface area contributed by atoms with Crippen molar-refractivity contribution < 1.29 is 22.0 Å². The van der Waals surface area contributed by atoms with E-state index >= 15 is 0 Å². The Labute approximate surface area is 181 Å². The summed E-state index contributed by atoms with van der Waals surface area (Å²) in [6, 6.07) is 12.8. The zero-order valence-corrected chi connectivity index (χ0v) is 17.1. The third kappa shape index (κ3) is 4.82. The number of nitrogens with zero attached hydrogens (tertiary/aromatic N) is 2. The standard InChI is InChI=1S/C23H19F5N4/c1-22(2,20-7-3-5-17(31-20)14-10-9-13(24)11-15(14)25)21-8-4-6-18(32-21)16(29)12-19(30)23(26,27)28/h3-12,29H,30H2,1-2H3. The summed E-state index contributed by atoms with van der Waals surface area (Å²) in [5.41, 5.74) is 3.62. The fraction of sp³-hybridized carbons (Fsp3) is 0.174. The van der Waals surface area contributed by atoms with E-state index in [0.29, 0.717) is 17.5 Å². The molecule has 3 aromatic rings. The Morgan fingerprint density at radius 3 is 2.19 bits per heavy atom. The van der Waals surface area contributed by atoms with Gasteiger partial charge in [-0.1, -0.05) is 12.1 Å². The van der Waals surface area contributed by atoms with Gasteiger partial charge in [0.15, 0.2) is 0 Å². The molecule has 4 nitrogen and oxygen atoms in total. The molecule has 0 aliphatic rings. The molecule has 2 heterocycles. The van der Waals surface area contributed by atoms with Crippen molar-refractivity contribution in [1.29, 1.82) is 5.41 Å². The van der Waals surface area contributed by atoms with E-state index in [1.807, 2.05) is 0 Å². The van der Waals surface area contributed by atoms with Gasteiger partial charge in [-0.15, -0.1) is 0 Å². The molecule has 0 saturated heterocycles. The molecule has 1 aromatic carbocycles. The summed E-state index contributed by atoms with van der Waals surface area (Å²) in [6.07, 6.45) is -4.24. The monoisotopic (exact) mass is 446 g/mol. The minimum Gasteiger partial charge on any atom is -0.395 e. The lowest BCUT2D eigenvalue weighted by Crippen LogP contribution is -2.24. The highest BCUT2D eigenvalue weighted by Gasteiger charge is 2.32. The van der Waals surface area contributed by atoms with Gasteiger partial charge in [-0.05, 0) is 56.3 Å². The second-order valence-electron chi connectivity index (χ2n) is 7.58. The minimum absolute atomic E-state index is 0.00325. The Bertz CT molecular complexity index is 1200. The van der Waals surface area contributed by atoms with Gasteiger partial charge in [-0.25, -0.2) is 8.78 Å². The van der Waals surface area contributed by atoms with E-state index in [4.69, 9.17) is 11.1 Å². The molecule has 3 N–H and O–H groups in total. The molecule has 0 aliphatic heterocycles. The van der Waals surface area contributed by atoms with E-state index in [1.54, 1.807) is 44.2 Å². The van der Waals surface area contributed by atoms with E-state index in [9.17, 15) is 22.0 Å². The van der Waals surface area contributed by atoms with Crippen LogP contribution in [0.25, 0.3) is 11.3 Å². The van der Waals surface area contributed by atoms with Crippen LogP contribution in [0.1, 0.15) is 30.9 Å². The van der Waals surface area contributed by atoms with Crippen LogP contribution in [-0.4, -0.2) is 21.9 Å². The van der Waals surface area contributed by atoms with Gasteiger partial charge in [-0.2, -0.15) is 13.2 Å². The summed E-state index contributed by atoms with van der Waals surface area (Å²) >= 11 is 0. The zero-order valence-electron chi connectivity index (χ0n) is 17.1. The van der Waals surface area contributed by atoms with Crippen molar-refractivity contribution in [1.82, 2.24) is 9.97 Å². The minimum atomic E-state index is -4.75. The molecule has 0 fully saturated rings. The van der Waals surface area contributed by atoms with E-state index in [0.717, 1.165) is 12.1 Å². The van der Waals surface area contributed by atoms with Gasteiger partial charge in [-0.3, -0.25) is 15.4 Å². The molecule has 32 heavy (non-hydrogen) atoms. The Hall–Kier alpha value is -3.62. The van der Waals surface area contributed by atoms with Gasteiger partial charge in [0, 0.05) is 17.0 Å². The molecule has 0 radical (unpaired) electrons. The van der Waals surface area contributed by atoms with E-state index < -0.39 is 34.6 Å². The lowest BCUT2D eigenvalue weighted by atomic mass is 9.84. The quantitative estimate of drug-likeness (QED) is 0.400. The maximum Gasteiger partial charge on any atom is 0.430 e. The van der Waals surface area contributed by atoms with Crippen molar-refractivity contribution in [2.24, 2.45) is 5.73 Å². The van der Waals surface area contributed by atoms with Gasteiger partial charge in [0.25, 0.3) is 0 Å². The van der Waals surface area contributed by atoms with Crippen LogP contribution in [0, 0.1) is 17.0 Å². The van der Waals surface area contributed by atoms with Crippen molar-refractivity contribution in [2.45, 2.75) is 25.4 Å². The smallest absolute Gasteiger partial charge is 0.395 e. The number of pyridine rings is 2. The molecule has 166 valence electrons. The predicted octanol–water partition coefficient (Wildman–Crippen LogP) is 5.52. The SMILES string of the molecule is CC(C)(c1cccc(C(=N)C=C(N)C(F)(F)F)n1)c1cccc(-c2ccc(F)cc2F)n1. The summed E-state index contributed by atoms with van der Waals surface area (Å²) in [5, 5.41) is 7.93. The van der Waals surface area contributed by atoms with E-state index in [1.165, 1.54) is 12.1 Å². The Kier molecular flexibility index (Phi) is 6.11. The lowest BCUT2D eigenvalue weighted by Gasteiger charge is -2.24. The van der Waals surface area contributed by atoms with Crippen LogP contribution in [0.15, 0.2) is 66.4 Å². The molecule has 0 spiro atoms. The van der Waals surface area contributed by atoms with Gasteiger partial charge in [0.05, 0.1) is 28.5 Å². The van der Waals surface area contributed by atoms with E-state index in [-0.39, 0.29) is 17.0 Å². The topological polar surface area (TPSA) is 75.7 Å². The average Bonchev–Trinajstić information content (AvgIpc) is 2.73. The molecular weight excluding hydrogens is 427 g/mol. The summed E-state index contributed by atoms with van der Waals surface area (Å²) in [5.74, 6) is -1.46. The van der Waals surface area contributed by atoms with Crippen LogP contribution >= 0.6 is 0 Å². The maximum absolute atomic E-state index is 14.2. The van der Waals surface area contributed by atoms with Crippen molar-refractivity contribution in [3.05, 3.63) is 95.1 Å². The van der Waals surface area contributed by atoms with Gasteiger partial charge < -0.3 is 5.73 Å².